The van der Waals surface area contributed by atoms with Crippen LogP contribution in [0, 0.1) is 13.8 Å². The van der Waals surface area contributed by atoms with Gasteiger partial charge in [-0.25, -0.2) is 9.97 Å². The second kappa shape index (κ2) is 7.60. The van der Waals surface area contributed by atoms with Crippen molar-refractivity contribution < 1.29 is 0 Å². The summed E-state index contributed by atoms with van der Waals surface area (Å²) in [7, 11) is 0. The quantitative estimate of drug-likeness (QED) is 0.459. The van der Waals surface area contributed by atoms with E-state index in [1.54, 1.807) is 6.20 Å². The van der Waals surface area contributed by atoms with Gasteiger partial charge in [0.25, 0.3) is 0 Å². The average molecular weight is 392 g/mol. The van der Waals surface area contributed by atoms with Crippen LogP contribution in [0.15, 0.2) is 48.8 Å². The monoisotopic (exact) mass is 391 g/mol. The number of benzene rings is 1. The zero-order chi connectivity index (χ0) is 19.7. The number of nitrogens with zero attached hydrogens (tertiary/aromatic N) is 4. The lowest BCUT2D eigenvalue weighted by molar-refractivity contribution is 0.704. The molecule has 0 aliphatic heterocycles. The first-order chi connectivity index (χ1) is 13.5. The van der Waals surface area contributed by atoms with Gasteiger partial charge in [-0.05, 0) is 56.2 Å². The Balaban J connectivity index is 1.72. The van der Waals surface area contributed by atoms with Gasteiger partial charge in [-0.15, -0.1) is 0 Å². The molecule has 142 valence electrons. The number of nitrogens with one attached hydrogen (secondary N) is 1. The van der Waals surface area contributed by atoms with Gasteiger partial charge in [-0.2, -0.15) is 0 Å². The summed E-state index contributed by atoms with van der Waals surface area (Å²) in [4.78, 5) is 13.7. The van der Waals surface area contributed by atoms with Crippen LogP contribution in [0.3, 0.4) is 0 Å². The van der Waals surface area contributed by atoms with Crippen molar-refractivity contribution in [1.82, 2.24) is 19.5 Å². The molecule has 1 aromatic carbocycles. The van der Waals surface area contributed by atoms with Crippen molar-refractivity contribution in [3.05, 3.63) is 65.1 Å². The standard InChI is InChI=1S/C22H22ClN5/c1-4-9-28-20-10-14(2)5-8-19(20)27-22(28)16-11-18(23)21(25-12-16)26-17-7-6-15(3)24-13-17/h5-8,10-13H,4,9H2,1-3H3,(H,25,26). The fourth-order valence-electron chi connectivity index (χ4n) is 3.23. The van der Waals surface area contributed by atoms with Crippen molar-refractivity contribution in [2.75, 3.05) is 5.32 Å². The van der Waals surface area contributed by atoms with E-state index in [0.29, 0.717) is 10.8 Å². The second-order valence-electron chi connectivity index (χ2n) is 6.95. The molecular formula is C22H22ClN5. The number of aryl methyl sites for hydroxylation is 3. The number of rotatable bonds is 5. The lowest BCUT2D eigenvalue weighted by Crippen LogP contribution is -2.01. The molecule has 0 amide bonds. The number of anilines is 2. The topological polar surface area (TPSA) is 55.6 Å². The molecule has 0 saturated carbocycles. The molecule has 0 saturated heterocycles. The predicted molar refractivity (Wildman–Crippen MR) is 115 cm³/mol. The maximum Gasteiger partial charge on any atom is 0.149 e. The van der Waals surface area contributed by atoms with Gasteiger partial charge in [0.15, 0.2) is 0 Å². The normalized spacial score (nSPS) is 11.1. The molecule has 3 heterocycles. The molecule has 5 nitrogen and oxygen atoms in total. The molecule has 4 aromatic rings. The third-order valence-corrected chi connectivity index (χ3v) is 4.91. The Bertz CT molecular complexity index is 1130. The maximum absolute atomic E-state index is 6.53. The molecule has 0 bridgehead atoms. The van der Waals surface area contributed by atoms with Gasteiger partial charge in [0.1, 0.15) is 11.6 Å². The minimum atomic E-state index is 0.546. The average Bonchev–Trinajstić information content (AvgIpc) is 3.03. The minimum absolute atomic E-state index is 0.546. The molecular weight excluding hydrogens is 370 g/mol. The summed E-state index contributed by atoms with van der Waals surface area (Å²) in [6, 6.07) is 12.1. The number of pyridine rings is 2. The highest BCUT2D eigenvalue weighted by Gasteiger charge is 2.14. The number of hydrogen-bond acceptors (Lipinski definition) is 4. The third-order valence-electron chi connectivity index (χ3n) is 4.62. The fraction of sp³-hybridized carbons (Fsp3) is 0.227. The SMILES string of the molecule is CCCn1c(-c2cnc(Nc3ccc(C)nc3)c(Cl)c2)nc2ccc(C)cc21. The summed E-state index contributed by atoms with van der Waals surface area (Å²) in [6.45, 7) is 7.11. The van der Waals surface area contributed by atoms with Gasteiger partial charge in [-0.3, -0.25) is 4.98 Å². The van der Waals surface area contributed by atoms with Gasteiger partial charge in [0.05, 0.1) is 27.9 Å². The van der Waals surface area contributed by atoms with E-state index in [0.717, 1.165) is 46.8 Å². The molecule has 28 heavy (non-hydrogen) atoms. The maximum atomic E-state index is 6.53. The number of hydrogen-bond donors (Lipinski definition) is 1. The molecule has 3 aromatic heterocycles. The van der Waals surface area contributed by atoms with Gasteiger partial charge in [0, 0.05) is 24.0 Å². The number of imidazole rings is 1. The van der Waals surface area contributed by atoms with Crippen molar-refractivity contribution in [2.24, 2.45) is 0 Å². The van der Waals surface area contributed by atoms with Crippen LogP contribution in [0.5, 0.6) is 0 Å². The minimum Gasteiger partial charge on any atom is -0.338 e. The van der Waals surface area contributed by atoms with Crippen LogP contribution in [-0.2, 0) is 6.54 Å². The van der Waals surface area contributed by atoms with Crippen LogP contribution in [0.2, 0.25) is 5.02 Å². The Hall–Kier alpha value is -2.92. The van der Waals surface area contributed by atoms with E-state index in [4.69, 9.17) is 16.6 Å². The summed E-state index contributed by atoms with van der Waals surface area (Å²) >= 11 is 6.53. The Morgan fingerprint density at radius 1 is 1.04 bits per heavy atom. The van der Waals surface area contributed by atoms with Crippen molar-refractivity contribution in [2.45, 2.75) is 33.7 Å². The largest absolute Gasteiger partial charge is 0.338 e. The van der Waals surface area contributed by atoms with Gasteiger partial charge >= 0.3 is 0 Å². The summed E-state index contributed by atoms with van der Waals surface area (Å²) in [6.07, 6.45) is 4.61. The summed E-state index contributed by atoms with van der Waals surface area (Å²) < 4.78 is 2.24. The molecule has 0 fully saturated rings. The van der Waals surface area contributed by atoms with E-state index in [-0.39, 0.29) is 0 Å². The van der Waals surface area contributed by atoms with E-state index in [2.05, 4.69) is 51.9 Å². The third kappa shape index (κ3) is 3.58. The van der Waals surface area contributed by atoms with E-state index in [9.17, 15) is 0 Å². The molecule has 0 radical (unpaired) electrons. The molecule has 0 spiro atoms. The lowest BCUT2D eigenvalue weighted by Gasteiger charge is -2.11. The molecule has 0 aliphatic carbocycles. The molecule has 0 atom stereocenters. The Labute approximate surface area is 169 Å². The van der Waals surface area contributed by atoms with Crippen LogP contribution >= 0.6 is 11.6 Å². The smallest absolute Gasteiger partial charge is 0.149 e. The molecule has 0 aliphatic rings. The van der Waals surface area contributed by atoms with Crippen LogP contribution in [0.4, 0.5) is 11.5 Å². The first-order valence-electron chi connectivity index (χ1n) is 9.37. The van der Waals surface area contributed by atoms with Gasteiger partial charge < -0.3 is 9.88 Å². The second-order valence-corrected chi connectivity index (χ2v) is 7.35. The zero-order valence-corrected chi connectivity index (χ0v) is 17.0. The lowest BCUT2D eigenvalue weighted by atomic mass is 10.2. The van der Waals surface area contributed by atoms with Gasteiger partial charge in [-0.1, -0.05) is 24.6 Å². The zero-order valence-electron chi connectivity index (χ0n) is 16.2. The molecule has 1 N–H and O–H groups in total. The van der Waals surface area contributed by atoms with E-state index in [1.807, 2.05) is 31.3 Å². The molecule has 6 heteroatoms. The van der Waals surface area contributed by atoms with E-state index in [1.165, 1.54) is 5.56 Å². The molecule has 4 rings (SSSR count). The van der Waals surface area contributed by atoms with Crippen LogP contribution in [0.25, 0.3) is 22.4 Å². The van der Waals surface area contributed by atoms with Crippen LogP contribution in [0.1, 0.15) is 24.6 Å². The van der Waals surface area contributed by atoms with E-state index >= 15 is 0 Å². The predicted octanol–water partition coefficient (Wildman–Crippen LogP) is 5.92. The summed E-state index contributed by atoms with van der Waals surface area (Å²) in [5.41, 5.74) is 6.06. The van der Waals surface area contributed by atoms with Gasteiger partial charge in [0.2, 0.25) is 0 Å². The first kappa shape index (κ1) is 18.4. The van der Waals surface area contributed by atoms with Crippen molar-refractivity contribution in [3.63, 3.8) is 0 Å². The number of fused-ring (bicyclic) bond motifs is 1. The van der Waals surface area contributed by atoms with Crippen molar-refractivity contribution >= 4 is 34.1 Å². The number of halogens is 1. The molecule has 0 unspecified atom stereocenters. The highest BCUT2D eigenvalue weighted by molar-refractivity contribution is 6.33. The number of aromatic nitrogens is 4. The fourth-order valence-corrected chi connectivity index (χ4v) is 3.45. The Kier molecular flexibility index (Phi) is 5.01. The van der Waals surface area contributed by atoms with Crippen molar-refractivity contribution in [3.8, 4) is 11.4 Å². The van der Waals surface area contributed by atoms with Crippen molar-refractivity contribution in [1.29, 1.82) is 0 Å². The summed E-state index contributed by atoms with van der Waals surface area (Å²) in [5, 5.41) is 3.76. The Morgan fingerprint density at radius 3 is 2.61 bits per heavy atom. The first-order valence-corrected chi connectivity index (χ1v) is 9.75. The highest BCUT2D eigenvalue weighted by Crippen LogP contribution is 2.30. The summed E-state index contributed by atoms with van der Waals surface area (Å²) in [5.74, 6) is 1.49. The van der Waals surface area contributed by atoms with Crippen LogP contribution in [-0.4, -0.2) is 19.5 Å². The van der Waals surface area contributed by atoms with E-state index < -0.39 is 0 Å². The highest BCUT2D eigenvalue weighted by atomic mass is 35.5. The van der Waals surface area contributed by atoms with Crippen LogP contribution < -0.4 is 5.32 Å². The Morgan fingerprint density at radius 2 is 1.89 bits per heavy atom.